The Morgan fingerprint density at radius 3 is 1.52 bits per heavy atom. The van der Waals surface area contributed by atoms with Gasteiger partial charge >= 0.3 is 0 Å². The van der Waals surface area contributed by atoms with E-state index in [0.717, 1.165) is 34.8 Å². The molecule has 10 nitrogen and oxygen atoms in total. The van der Waals surface area contributed by atoms with Crippen molar-refractivity contribution in [1.82, 2.24) is 0 Å². The van der Waals surface area contributed by atoms with E-state index in [9.17, 15) is 33.3 Å². The van der Waals surface area contributed by atoms with Crippen molar-refractivity contribution in [1.29, 1.82) is 10.5 Å². The Hall–Kier alpha value is -6.91. The van der Waals surface area contributed by atoms with Crippen molar-refractivity contribution in [3.63, 3.8) is 0 Å². The zero-order chi connectivity index (χ0) is 38.6. The van der Waals surface area contributed by atoms with Gasteiger partial charge in [-0.1, -0.05) is 0 Å². The lowest BCUT2D eigenvalue weighted by Crippen LogP contribution is -2.07. The third kappa shape index (κ3) is 5.43. The summed E-state index contributed by atoms with van der Waals surface area (Å²) in [5.74, 6) is -3.81. The molecular weight excluding hydrogens is 738 g/mol. The summed E-state index contributed by atoms with van der Waals surface area (Å²) in [6, 6.07) is 10.8. The van der Waals surface area contributed by atoms with Crippen molar-refractivity contribution in [3.8, 4) is 23.6 Å². The Kier molecular flexibility index (Phi) is 8.92. The van der Waals surface area contributed by atoms with Crippen LogP contribution in [-0.4, -0.2) is 36.2 Å². The van der Waals surface area contributed by atoms with E-state index >= 15 is 0 Å². The number of aliphatic imine (C=N–C) groups is 2. The highest BCUT2D eigenvalue weighted by atomic mass is 32.1. The predicted molar refractivity (Wildman–Crippen MR) is 198 cm³/mol. The van der Waals surface area contributed by atoms with E-state index in [2.05, 4.69) is 19.7 Å². The Morgan fingerprint density at radius 1 is 0.704 bits per heavy atom. The Bertz CT molecular complexity index is 2610. The maximum atomic E-state index is 14.6. The maximum Gasteiger partial charge on any atom is 0.271 e. The van der Waals surface area contributed by atoms with Crippen LogP contribution in [0.2, 0.25) is 0 Å². The Morgan fingerprint density at radius 2 is 1.11 bits per heavy atom. The molecule has 0 unspecified atom stereocenters. The largest absolute Gasteiger partial charge is 0.492 e. The van der Waals surface area contributed by atoms with Crippen LogP contribution in [0.5, 0.6) is 11.5 Å². The average Bonchev–Trinajstić information content (AvgIpc) is 3.89. The number of nitrogens with zero attached hydrogens (tertiary/aromatic N) is 6. The summed E-state index contributed by atoms with van der Waals surface area (Å²) in [6.45, 7) is 20.6. The lowest BCUT2D eigenvalue weighted by atomic mass is 10.0. The normalized spacial score (nSPS) is 16.6. The van der Waals surface area contributed by atoms with Gasteiger partial charge in [-0.3, -0.25) is 9.59 Å². The lowest BCUT2D eigenvalue weighted by Gasteiger charge is -2.11. The van der Waals surface area contributed by atoms with Crippen molar-refractivity contribution in [3.05, 3.63) is 116 Å². The number of nitriles is 2. The van der Waals surface area contributed by atoms with Crippen LogP contribution in [0.1, 0.15) is 51.3 Å². The first kappa shape index (κ1) is 35.5. The van der Waals surface area contributed by atoms with E-state index < -0.39 is 34.7 Å². The topological polar surface area (TPSA) is 134 Å². The SMILES string of the molecule is [C-]#[N+]C(C#N)=C1C(=Nc2cc3c(OCC)c4sc(N=C5C(=O)c6cc(F)c(F)cc6/C5=C(/C#N)[N+]#[C-])cc4c(OCC)c3s2)C(=O)c2cc(F)c(C)cc21. The zero-order valence-electron chi connectivity index (χ0n) is 28.1. The number of benzene rings is 3. The molecule has 0 radical (unpaired) electrons. The molecule has 2 aromatic heterocycles. The molecule has 2 aliphatic carbocycles. The van der Waals surface area contributed by atoms with Crippen molar-refractivity contribution in [2.75, 3.05) is 13.2 Å². The number of rotatable bonds is 6. The fourth-order valence-corrected chi connectivity index (χ4v) is 8.39. The van der Waals surface area contributed by atoms with Gasteiger partial charge in [-0.15, -0.1) is 22.7 Å². The van der Waals surface area contributed by atoms with Gasteiger partial charge < -0.3 is 9.47 Å². The van der Waals surface area contributed by atoms with Crippen molar-refractivity contribution in [2.24, 2.45) is 9.98 Å². The molecule has 0 aliphatic heterocycles. The third-order valence-corrected chi connectivity index (χ3v) is 10.6. The third-order valence-electron chi connectivity index (χ3n) is 8.56. The van der Waals surface area contributed by atoms with Crippen LogP contribution in [0.25, 0.3) is 41.0 Å². The minimum atomic E-state index is -1.27. The predicted octanol–water partition coefficient (Wildman–Crippen LogP) is 9.89. The molecule has 0 saturated heterocycles. The first-order chi connectivity index (χ1) is 26.0. The molecule has 0 saturated carbocycles. The molecule has 262 valence electrons. The number of hydrogen-bond acceptors (Lipinski definition) is 10. The summed E-state index contributed by atoms with van der Waals surface area (Å²) in [4.78, 5) is 42.8. The number of ketones is 2. The van der Waals surface area contributed by atoms with Crippen LogP contribution < -0.4 is 9.47 Å². The summed E-state index contributed by atoms with van der Waals surface area (Å²) in [6.07, 6.45) is 0. The highest BCUT2D eigenvalue weighted by molar-refractivity contribution is 7.25. The smallest absolute Gasteiger partial charge is 0.271 e. The minimum Gasteiger partial charge on any atom is -0.492 e. The van der Waals surface area contributed by atoms with Crippen LogP contribution in [0.4, 0.5) is 23.2 Å². The van der Waals surface area contributed by atoms with Crippen LogP contribution >= 0.6 is 22.7 Å². The maximum absolute atomic E-state index is 14.6. The number of aryl methyl sites for hydroxylation is 1. The average molecular weight is 757 g/mol. The number of allylic oxidation sites excluding steroid dienone is 4. The number of carbonyl (C=O) groups is 2. The number of carbonyl (C=O) groups excluding carboxylic acids is 2. The zero-order valence-corrected chi connectivity index (χ0v) is 29.8. The molecule has 5 aromatic rings. The number of halogens is 3. The molecule has 3 aromatic carbocycles. The minimum absolute atomic E-state index is 0.00753. The van der Waals surface area contributed by atoms with Gasteiger partial charge in [-0.2, -0.15) is 0 Å². The highest BCUT2D eigenvalue weighted by Crippen LogP contribution is 2.53. The molecule has 0 spiro atoms. The van der Waals surface area contributed by atoms with Gasteiger partial charge in [0.25, 0.3) is 11.4 Å². The van der Waals surface area contributed by atoms with Crippen LogP contribution in [0, 0.1) is 60.2 Å². The van der Waals surface area contributed by atoms with E-state index in [1.165, 1.54) is 13.0 Å². The first-order valence-electron chi connectivity index (χ1n) is 15.9. The first-order valence-corrected chi connectivity index (χ1v) is 17.5. The monoisotopic (exact) mass is 756 g/mol. The standard InChI is InChI=1S/C39H19F3N6O4S2/c1-6-51-36-21-12-28(47-32-30(26(14-43)45-4)17-8-16(3)23(40)10-19(17)34(32)49)53-38(21)37(52-7-2)22-13-29(54-39(22)36)48-33-31(27(15-44)46-5)18-9-24(41)25(42)11-20(18)35(33)50/h8-13H,6-7H2,1-3H3/b30-26?,31-27+,47-32?,48-33?. The van der Waals surface area contributed by atoms with Crippen molar-refractivity contribution < 1.29 is 32.2 Å². The summed E-state index contributed by atoms with van der Waals surface area (Å²) in [7, 11) is 0. The van der Waals surface area contributed by atoms with Gasteiger partial charge in [0.15, 0.2) is 11.6 Å². The molecule has 0 amide bonds. The van der Waals surface area contributed by atoms with Gasteiger partial charge in [-0.25, -0.2) is 43.4 Å². The van der Waals surface area contributed by atoms with Gasteiger partial charge in [0.05, 0.1) is 47.9 Å². The van der Waals surface area contributed by atoms with E-state index in [0.29, 0.717) is 42.7 Å². The molecule has 0 fully saturated rings. The van der Waals surface area contributed by atoms with Gasteiger partial charge in [-0.05, 0) is 73.9 Å². The van der Waals surface area contributed by atoms with E-state index in [1.54, 1.807) is 32.0 Å². The van der Waals surface area contributed by atoms with E-state index in [1.807, 2.05) is 6.07 Å². The highest BCUT2D eigenvalue weighted by Gasteiger charge is 2.37. The molecule has 2 heterocycles. The summed E-state index contributed by atoms with van der Waals surface area (Å²) in [5.41, 5.74) is -1.52. The lowest BCUT2D eigenvalue weighted by molar-refractivity contribution is 0.106. The van der Waals surface area contributed by atoms with Crippen LogP contribution in [0.3, 0.4) is 0 Å². The molecule has 0 N–H and O–H groups in total. The Balaban J connectivity index is 1.44. The van der Waals surface area contributed by atoms with Gasteiger partial charge in [0, 0.05) is 33.0 Å². The van der Waals surface area contributed by atoms with Gasteiger partial charge in [0.1, 0.15) is 38.7 Å². The fourth-order valence-electron chi connectivity index (χ4n) is 6.30. The second-order valence-electron chi connectivity index (χ2n) is 11.6. The molecule has 54 heavy (non-hydrogen) atoms. The summed E-state index contributed by atoms with van der Waals surface area (Å²) in [5, 5.41) is 21.1. The molecule has 2 aliphatic rings. The van der Waals surface area contributed by atoms with Gasteiger partial charge in [0.2, 0.25) is 11.6 Å². The second-order valence-corrected chi connectivity index (χ2v) is 13.7. The quantitative estimate of drug-likeness (QED) is 0.125. The van der Waals surface area contributed by atoms with Crippen molar-refractivity contribution in [2.45, 2.75) is 20.8 Å². The molecule has 0 atom stereocenters. The number of Topliss-reactive ketones (excluding diaryl/α,β-unsaturated/α-hetero) is 2. The Labute approximate surface area is 312 Å². The van der Waals surface area contributed by atoms with Crippen molar-refractivity contribution >= 4 is 87.0 Å². The van der Waals surface area contributed by atoms with E-state index in [-0.39, 0.29) is 74.3 Å². The number of ether oxygens (including phenoxy) is 2. The molecule has 15 heteroatoms. The number of fused-ring (bicyclic) bond motifs is 4. The molecule has 0 bridgehead atoms. The second kappa shape index (κ2) is 13.6. The van der Waals surface area contributed by atoms with E-state index in [4.69, 9.17) is 22.6 Å². The summed E-state index contributed by atoms with van der Waals surface area (Å²) >= 11 is 2.23. The molecule has 7 rings (SSSR count). The fraction of sp³-hybridized carbons (Fsp3) is 0.128. The summed E-state index contributed by atoms with van der Waals surface area (Å²) < 4.78 is 56.5. The van der Waals surface area contributed by atoms with Crippen LogP contribution in [-0.2, 0) is 0 Å². The number of thiophene rings is 2. The molecular formula is C39H19F3N6O4S2. The van der Waals surface area contributed by atoms with Crippen LogP contribution in [0.15, 0.2) is 57.8 Å². The number of hydrogen-bond donors (Lipinski definition) is 0.